The van der Waals surface area contributed by atoms with Crippen molar-refractivity contribution < 1.29 is 4.42 Å². The largest absolute Gasteiger partial charge is 0.431 e. The second kappa shape index (κ2) is 3.72. The summed E-state index contributed by atoms with van der Waals surface area (Å²) in [6.45, 7) is 2.01. The Morgan fingerprint density at radius 3 is 2.79 bits per heavy atom. The van der Waals surface area contributed by atoms with E-state index in [0.29, 0.717) is 5.84 Å². The first kappa shape index (κ1) is 10.4. The number of aryl methyl sites for hydroxylation is 1. The highest BCUT2D eigenvalue weighted by molar-refractivity contribution is 5.95. The lowest BCUT2D eigenvalue weighted by atomic mass is 10.0. The zero-order valence-electron chi connectivity index (χ0n) is 10.5. The summed E-state index contributed by atoms with van der Waals surface area (Å²) in [5.74, 6) is 0.639. The number of fused-ring (bicyclic) bond motifs is 2. The van der Waals surface area contributed by atoms with Gasteiger partial charge in [0, 0.05) is 11.8 Å². The smallest absolute Gasteiger partial charge is 0.306 e. The minimum absolute atomic E-state index is 0.639. The van der Waals surface area contributed by atoms with E-state index >= 15 is 0 Å². The van der Waals surface area contributed by atoms with Crippen LogP contribution in [-0.2, 0) is 0 Å². The van der Waals surface area contributed by atoms with Gasteiger partial charge >= 0.3 is 5.84 Å². The summed E-state index contributed by atoms with van der Waals surface area (Å²) in [4.78, 5) is 4.55. The standard InChI is InChI=1S/C16H12N2O/c1-11-10-19-16-17-15(9-18(11)16)14-8-4-6-12-5-2-3-7-13(12)14/h2-10H,1H3. The van der Waals surface area contributed by atoms with Gasteiger partial charge in [0.1, 0.15) is 6.26 Å². The van der Waals surface area contributed by atoms with E-state index in [0.717, 1.165) is 17.0 Å². The molecule has 0 N–H and O–H groups in total. The Bertz CT molecular complexity index is 881. The highest BCUT2D eigenvalue weighted by atomic mass is 16.3. The van der Waals surface area contributed by atoms with Gasteiger partial charge in [-0.05, 0) is 17.7 Å². The molecule has 2 aromatic carbocycles. The molecule has 0 amide bonds. The first-order valence-corrected chi connectivity index (χ1v) is 6.24. The van der Waals surface area contributed by atoms with Gasteiger partial charge in [0.15, 0.2) is 0 Å². The lowest BCUT2D eigenvalue weighted by molar-refractivity contribution is 0.595. The number of rotatable bonds is 1. The average Bonchev–Trinajstić information content (AvgIpc) is 3.01. The van der Waals surface area contributed by atoms with Crippen molar-refractivity contribution in [1.82, 2.24) is 9.38 Å². The fourth-order valence-corrected chi connectivity index (χ4v) is 2.47. The van der Waals surface area contributed by atoms with Gasteiger partial charge in [-0.3, -0.25) is 4.40 Å². The molecular formula is C16H12N2O. The second-order valence-electron chi connectivity index (χ2n) is 4.68. The molecule has 0 radical (unpaired) electrons. The number of hydrogen-bond acceptors (Lipinski definition) is 2. The topological polar surface area (TPSA) is 30.4 Å². The Kier molecular flexibility index (Phi) is 2.03. The molecule has 0 bridgehead atoms. The zero-order chi connectivity index (χ0) is 12.8. The van der Waals surface area contributed by atoms with E-state index in [9.17, 15) is 0 Å². The number of hydrogen-bond donors (Lipinski definition) is 0. The number of oxazole rings is 1. The lowest BCUT2D eigenvalue weighted by Gasteiger charge is -2.02. The van der Waals surface area contributed by atoms with E-state index in [1.165, 1.54) is 10.8 Å². The van der Waals surface area contributed by atoms with E-state index in [-0.39, 0.29) is 0 Å². The maximum Gasteiger partial charge on any atom is 0.306 e. The Labute approximate surface area is 110 Å². The highest BCUT2D eigenvalue weighted by Crippen LogP contribution is 2.28. The van der Waals surface area contributed by atoms with Gasteiger partial charge in [0.2, 0.25) is 0 Å². The molecule has 3 nitrogen and oxygen atoms in total. The predicted molar refractivity (Wildman–Crippen MR) is 75.1 cm³/mol. The summed E-state index contributed by atoms with van der Waals surface area (Å²) in [6.07, 6.45) is 3.74. The van der Waals surface area contributed by atoms with Crippen LogP contribution < -0.4 is 0 Å². The lowest BCUT2D eigenvalue weighted by Crippen LogP contribution is -1.81. The van der Waals surface area contributed by atoms with Crippen molar-refractivity contribution in [3.05, 3.63) is 60.6 Å². The minimum atomic E-state index is 0.639. The SMILES string of the molecule is Cc1coc2nc(-c3cccc4ccccc34)cn12. The monoisotopic (exact) mass is 248 g/mol. The van der Waals surface area contributed by atoms with E-state index in [1.807, 2.05) is 17.5 Å². The van der Waals surface area contributed by atoms with E-state index in [2.05, 4.69) is 47.4 Å². The number of aromatic nitrogens is 2. The van der Waals surface area contributed by atoms with Crippen LogP contribution in [0.15, 0.2) is 59.3 Å². The Morgan fingerprint density at radius 1 is 1.05 bits per heavy atom. The van der Waals surface area contributed by atoms with E-state index in [4.69, 9.17) is 4.42 Å². The van der Waals surface area contributed by atoms with Crippen molar-refractivity contribution in [3.63, 3.8) is 0 Å². The molecule has 19 heavy (non-hydrogen) atoms. The molecule has 92 valence electrons. The molecule has 2 heterocycles. The Balaban J connectivity index is 2.03. The Hall–Kier alpha value is -2.55. The molecule has 0 aliphatic carbocycles. The quantitative estimate of drug-likeness (QED) is 0.508. The molecule has 0 aliphatic rings. The fourth-order valence-electron chi connectivity index (χ4n) is 2.47. The molecule has 0 saturated carbocycles. The van der Waals surface area contributed by atoms with Gasteiger partial charge in [0.05, 0.1) is 11.4 Å². The Morgan fingerprint density at radius 2 is 1.89 bits per heavy atom. The van der Waals surface area contributed by atoms with Gasteiger partial charge in [-0.1, -0.05) is 42.5 Å². The number of nitrogens with zero attached hydrogens (tertiary/aromatic N) is 2. The summed E-state index contributed by atoms with van der Waals surface area (Å²) >= 11 is 0. The summed E-state index contributed by atoms with van der Waals surface area (Å²) < 4.78 is 7.38. The van der Waals surface area contributed by atoms with Crippen LogP contribution in [0.3, 0.4) is 0 Å². The van der Waals surface area contributed by atoms with E-state index < -0.39 is 0 Å². The third kappa shape index (κ3) is 1.48. The molecule has 0 aliphatic heterocycles. The van der Waals surface area contributed by atoms with Crippen LogP contribution in [0.5, 0.6) is 0 Å². The first-order valence-electron chi connectivity index (χ1n) is 6.24. The zero-order valence-corrected chi connectivity index (χ0v) is 10.5. The molecule has 0 atom stereocenters. The fraction of sp³-hybridized carbons (Fsp3) is 0.0625. The normalized spacial score (nSPS) is 11.4. The maximum absolute atomic E-state index is 5.41. The third-order valence-electron chi connectivity index (χ3n) is 3.45. The van der Waals surface area contributed by atoms with Gasteiger partial charge in [0.25, 0.3) is 0 Å². The molecule has 3 heteroatoms. The van der Waals surface area contributed by atoms with Crippen molar-refractivity contribution in [2.24, 2.45) is 0 Å². The van der Waals surface area contributed by atoms with Gasteiger partial charge in [-0.25, -0.2) is 0 Å². The summed E-state index contributed by atoms with van der Waals surface area (Å²) in [6, 6.07) is 14.6. The summed E-state index contributed by atoms with van der Waals surface area (Å²) in [7, 11) is 0. The molecule has 2 aromatic heterocycles. The molecule has 0 unspecified atom stereocenters. The first-order chi connectivity index (χ1) is 9.33. The molecular weight excluding hydrogens is 236 g/mol. The summed E-state index contributed by atoms with van der Waals surface area (Å²) in [5, 5.41) is 2.43. The van der Waals surface area contributed by atoms with Crippen LogP contribution in [0.25, 0.3) is 27.9 Å². The molecule has 0 saturated heterocycles. The van der Waals surface area contributed by atoms with Crippen molar-refractivity contribution in [2.45, 2.75) is 6.92 Å². The number of benzene rings is 2. The van der Waals surface area contributed by atoms with Crippen molar-refractivity contribution >= 4 is 16.6 Å². The third-order valence-corrected chi connectivity index (χ3v) is 3.45. The minimum Gasteiger partial charge on any atom is -0.431 e. The molecule has 4 aromatic rings. The predicted octanol–water partition coefficient (Wildman–Crippen LogP) is 4.06. The van der Waals surface area contributed by atoms with Crippen LogP contribution in [0.4, 0.5) is 0 Å². The maximum atomic E-state index is 5.41. The van der Waals surface area contributed by atoms with Crippen molar-refractivity contribution in [1.29, 1.82) is 0 Å². The van der Waals surface area contributed by atoms with Crippen LogP contribution >= 0.6 is 0 Å². The van der Waals surface area contributed by atoms with Crippen molar-refractivity contribution in [3.8, 4) is 11.3 Å². The number of imidazole rings is 1. The van der Waals surface area contributed by atoms with Gasteiger partial charge in [-0.15, -0.1) is 0 Å². The van der Waals surface area contributed by atoms with Crippen molar-refractivity contribution in [2.75, 3.05) is 0 Å². The molecule has 4 rings (SSSR count). The molecule has 0 spiro atoms. The van der Waals surface area contributed by atoms with Crippen LogP contribution in [0.1, 0.15) is 5.69 Å². The second-order valence-corrected chi connectivity index (χ2v) is 4.68. The van der Waals surface area contributed by atoms with Gasteiger partial charge in [-0.2, -0.15) is 4.98 Å². The van der Waals surface area contributed by atoms with E-state index in [1.54, 1.807) is 6.26 Å². The van der Waals surface area contributed by atoms with Gasteiger partial charge < -0.3 is 4.42 Å². The van der Waals surface area contributed by atoms with Crippen LogP contribution in [0.2, 0.25) is 0 Å². The average molecular weight is 248 g/mol. The molecule has 0 fully saturated rings. The van der Waals surface area contributed by atoms with Crippen LogP contribution in [0, 0.1) is 6.92 Å². The highest BCUT2D eigenvalue weighted by Gasteiger charge is 2.10. The summed E-state index contributed by atoms with van der Waals surface area (Å²) in [5.41, 5.74) is 3.13. The van der Waals surface area contributed by atoms with Crippen LogP contribution in [-0.4, -0.2) is 9.38 Å².